The van der Waals surface area contributed by atoms with E-state index in [1.54, 1.807) is 30.3 Å². The number of benzene rings is 2. The Hall–Kier alpha value is -4.41. The molecule has 4 rings (SSSR count). The van der Waals surface area contributed by atoms with E-state index >= 15 is 0 Å². The van der Waals surface area contributed by atoms with Crippen LogP contribution in [0.2, 0.25) is 0 Å². The van der Waals surface area contributed by atoms with E-state index in [1.165, 1.54) is 27.2 Å². The summed E-state index contributed by atoms with van der Waals surface area (Å²) in [5.41, 5.74) is 3.05. The quantitative estimate of drug-likeness (QED) is 0.190. The zero-order valence-electron chi connectivity index (χ0n) is 21.5. The van der Waals surface area contributed by atoms with Gasteiger partial charge in [0.1, 0.15) is 16.9 Å². The van der Waals surface area contributed by atoms with Crippen LogP contribution in [0.15, 0.2) is 51.8 Å². The SMILES string of the molecule is C=C(OCC)c1cc(CO)cc2cc(C(=O)OC)oc12.COC(=O)c1cc2cc(CO)cc(C(C)=O)c2o1. The minimum absolute atomic E-state index is 0.0325. The summed E-state index contributed by atoms with van der Waals surface area (Å²) in [6.45, 7) is 7.24. The van der Waals surface area contributed by atoms with Gasteiger partial charge in [0.25, 0.3) is 0 Å². The van der Waals surface area contributed by atoms with E-state index in [-0.39, 0.29) is 30.5 Å². The molecule has 0 bridgehead atoms. The summed E-state index contributed by atoms with van der Waals surface area (Å²) in [6.07, 6.45) is 0. The molecule has 0 fully saturated rings. The van der Waals surface area contributed by atoms with Gasteiger partial charge in [-0.05, 0) is 61.4 Å². The molecular weight excluding hydrogens is 496 g/mol. The number of aliphatic hydroxyl groups is 2. The van der Waals surface area contributed by atoms with Crippen molar-refractivity contribution in [1.82, 2.24) is 0 Å². The molecule has 2 N–H and O–H groups in total. The van der Waals surface area contributed by atoms with E-state index in [4.69, 9.17) is 18.7 Å². The first kappa shape index (κ1) is 28.2. The number of carbonyl (C=O) groups is 3. The van der Waals surface area contributed by atoms with Gasteiger partial charge < -0.3 is 33.3 Å². The van der Waals surface area contributed by atoms with Crippen molar-refractivity contribution in [3.63, 3.8) is 0 Å². The average molecular weight is 525 g/mol. The van der Waals surface area contributed by atoms with Crippen LogP contribution in [0.3, 0.4) is 0 Å². The van der Waals surface area contributed by atoms with Gasteiger partial charge in [0.2, 0.25) is 11.5 Å². The van der Waals surface area contributed by atoms with Crippen LogP contribution in [0.1, 0.15) is 62.0 Å². The summed E-state index contributed by atoms with van der Waals surface area (Å²) in [4.78, 5) is 34.4. The Morgan fingerprint density at radius 2 is 1.24 bits per heavy atom. The minimum Gasteiger partial charge on any atom is -0.494 e. The Kier molecular flexibility index (Phi) is 9.06. The normalized spacial score (nSPS) is 10.6. The lowest BCUT2D eigenvalue weighted by Gasteiger charge is -2.09. The molecule has 4 aromatic rings. The van der Waals surface area contributed by atoms with Gasteiger partial charge in [-0.1, -0.05) is 6.58 Å². The average Bonchev–Trinajstić information content (AvgIpc) is 3.55. The van der Waals surface area contributed by atoms with E-state index in [1.807, 2.05) is 6.92 Å². The fourth-order valence-corrected chi connectivity index (χ4v) is 3.74. The molecule has 0 saturated carbocycles. The van der Waals surface area contributed by atoms with E-state index in [0.717, 1.165) is 0 Å². The van der Waals surface area contributed by atoms with Crippen molar-refractivity contribution < 1.29 is 47.6 Å². The molecule has 0 spiro atoms. The molecule has 0 unspecified atom stereocenters. The lowest BCUT2D eigenvalue weighted by atomic mass is 10.0. The van der Waals surface area contributed by atoms with E-state index in [9.17, 15) is 19.5 Å². The van der Waals surface area contributed by atoms with Crippen molar-refractivity contribution in [2.45, 2.75) is 27.1 Å². The molecule has 10 nitrogen and oxygen atoms in total. The summed E-state index contributed by atoms with van der Waals surface area (Å²) in [6, 6.07) is 9.75. The van der Waals surface area contributed by atoms with E-state index in [0.29, 0.717) is 56.6 Å². The molecule has 2 heterocycles. The number of ketones is 1. The topological polar surface area (TPSA) is 146 Å². The van der Waals surface area contributed by atoms with Gasteiger partial charge in [0.05, 0.1) is 45.2 Å². The first-order valence-electron chi connectivity index (χ1n) is 11.5. The third-order valence-corrected chi connectivity index (χ3v) is 5.49. The number of carbonyl (C=O) groups excluding carboxylic acids is 3. The van der Waals surface area contributed by atoms with Crippen LogP contribution in [0.4, 0.5) is 0 Å². The van der Waals surface area contributed by atoms with Gasteiger partial charge in [-0.15, -0.1) is 0 Å². The number of hydrogen-bond acceptors (Lipinski definition) is 10. The number of aliphatic hydroxyl groups excluding tert-OH is 2. The Bertz CT molecular complexity index is 1510. The molecule has 38 heavy (non-hydrogen) atoms. The Balaban J connectivity index is 0.000000212. The number of Topliss-reactive ketones (excluding diaryl/α,β-unsaturated/α-hetero) is 1. The smallest absolute Gasteiger partial charge is 0.373 e. The summed E-state index contributed by atoms with van der Waals surface area (Å²) >= 11 is 0. The van der Waals surface area contributed by atoms with Gasteiger partial charge in [0.15, 0.2) is 5.78 Å². The van der Waals surface area contributed by atoms with E-state index < -0.39 is 11.9 Å². The predicted molar refractivity (Wildman–Crippen MR) is 138 cm³/mol. The van der Waals surface area contributed by atoms with Crippen molar-refractivity contribution in [2.75, 3.05) is 20.8 Å². The third-order valence-electron chi connectivity index (χ3n) is 5.49. The number of ether oxygens (including phenoxy) is 3. The predicted octanol–water partition coefficient (Wildman–Crippen LogP) is 4.63. The van der Waals surface area contributed by atoms with Crippen LogP contribution in [-0.4, -0.2) is 48.8 Å². The summed E-state index contributed by atoms with van der Waals surface area (Å²) < 4.78 is 25.4. The maximum absolute atomic E-state index is 11.5. The Labute approximate surface area is 218 Å². The van der Waals surface area contributed by atoms with Gasteiger partial charge in [-0.2, -0.15) is 0 Å². The third kappa shape index (κ3) is 5.93. The zero-order chi connectivity index (χ0) is 28.0. The maximum atomic E-state index is 11.5. The van der Waals surface area contributed by atoms with Crippen molar-refractivity contribution >= 4 is 45.4 Å². The Morgan fingerprint density at radius 1 is 0.789 bits per heavy atom. The molecule has 0 aliphatic carbocycles. The number of furan rings is 2. The second-order valence-corrected chi connectivity index (χ2v) is 8.06. The number of fused-ring (bicyclic) bond motifs is 2. The van der Waals surface area contributed by atoms with Crippen molar-refractivity contribution in [2.24, 2.45) is 0 Å². The number of methoxy groups -OCH3 is 2. The highest BCUT2D eigenvalue weighted by Crippen LogP contribution is 2.30. The molecule has 2 aromatic heterocycles. The molecule has 200 valence electrons. The summed E-state index contributed by atoms with van der Waals surface area (Å²) in [5, 5.41) is 19.7. The van der Waals surface area contributed by atoms with Crippen LogP contribution in [-0.2, 0) is 27.4 Å². The molecule has 10 heteroatoms. The maximum Gasteiger partial charge on any atom is 0.373 e. The molecule has 0 atom stereocenters. The molecule has 0 aliphatic rings. The minimum atomic E-state index is -0.605. The van der Waals surface area contributed by atoms with Crippen molar-refractivity contribution in [1.29, 1.82) is 0 Å². The lowest BCUT2D eigenvalue weighted by molar-refractivity contribution is 0.0559. The van der Waals surface area contributed by atoms with Crippen LogP contribution < -0.4 is 0 Å². The second kappa shape index (κ2) is 12.2. The number of hydrogen-bond donors (Lipinski definition) is 2. The number of esters is 2. The van der Waals surface area contributed by atoms with E-state index in [2.05, 4.69) is 16.1 Å². The fraction of sp³-hybridized carbons (Fsp3) is 0.250. The van der Waals surface area contributed by atoms with Crippen molar-refractivity contribution in [3.8, 4) is 0 Å². The first-order valence-corrected chi connectivity index (χ1v) is 11.5. The second-order valence-electron chi connectivity index (χ2n) is 8.06. The highest BCUT2D eigenvalue weighted by atomic mass is 16.5. The van der Waals surface area contributed by atoms with Crippen LogP contribution >= 0.6 is 0 Å². The van der Waals surface area contributed by atoms with Gasteiger partial charge in [0, 0.05) is 10.8 Å². The van der Waals surface area contributed by atoms with Gasteiger partial charge in [-0.3, -0.25) is 4.79 Å². The molecular formula is C28H28O10. The molecule has 0 saturated heterocycles. The fourth-order valence-electron chi connectivity index (χ4n) is 3.74. The van der Waals surface area contributed by atoms with Gasteiger partial charge in [-0.25, -0.2) is 9.59 Å². The monoisotopic (exact) mass is 524 g/mol. The Morgan fingerprint density at radius 3 is 1.63 bits per heavy atom. The van der Waals surface area contributed by atoms with Crippen LogP contribution in [0.5, 0.6) is 0 Å². The standard InChI is InChI=1S/C15H16O5.C13H12O5/c1-4-19-9(2)12-6-10(8-16)5-11-7-13(15(17)18-3)20-14(11)12;1-7(15)10-4-8(6-14)3-9-5-11(13(16)17-2)18-12(9)10/h5-7,16H,2,4,8H2,1,3H3;3-5,14H,6H2,1-2H3. The summed E-state index contributed by atoms with van der Waals surface area (Å²) in [5.74, 6) is -0.793. The molecule has 0 amide bonds. The van der Waals surface area contributed by atoms with Crippen LogP contribution in [0.25, 0.3) is 27.7 Å². The molecule has 2 aromatic carbocycles. The molecule has 0 radical (unpaired) electrons. The van der Waals surface area contributed by atoms with Crippen LogP contribution in [0, 0.1) is 0 Å². The van der Waals surface area contributed by atoms with Crippen molar-refractivity contribution in [3.05, 3.63) is 76.8 Å². The molecule has 0 aliphatic heterocycles. The highest BCUT2D eigenvalue weighted by molar-refractivity contribution is 6.06. The number of rotatable bonds is 8. The summed E-state index contributed by atoms with van der Waals surface area (Å²) in [7, 11) is 2.54. The van der Waals surface area contributed by atoms with Gasteiger partial charge >= 0.3 is 11.9 Å². The largest absolute Gasteiger partial charge is 0.494 e. The highest BCUT2D eigenvalue weighted by Gasteiger charge is 2.19. The lowest BCUT2D eigenvalue weighted by Crippen LogP contribution is -1.98. The first-order chi connectivity index (χ1) is 18.2. The zero-order valence-corrected chi connectivity index (χ0v) is 21.5.